The lowest BCUT2D eigenvalue weighted by Gasteiger charge is -2.15. The number of amides is 1. The lowest BCUT2D eigenvalue weighted by atomic mass is 10.00. The van der Waals surface area contributed by atoms with Crippen molar-refractivity contribution in [1.82, 2.24) is 9.99 Å². The van der Waals surface area contributed by atoms with Gasteiger partial charge in [0.2, 0.25) is 0 Å². The number of benzene rings is 5. The van der Waals surface area contributed by atoms with E-state index in [0.29, 0.717) is 18.7 Å². The quantitative estimate of drug-likeness (QED) is 0.0404. The van der Waals surface area contributed by atoms with E-state index in [4.69, 9.17) is 10.6 Å². The van der Waals surface area contributed by atoms with Crippen molar-refractivity contribution in [3.05, 3.63) is 137 Å². The normalized spacial score (nSPS) is 11.3. The molecule has 0 unspecified atom stereocenters. The molecule has 1 aromatic heterocycles. The third-order valence-corrected chi connectivity index (χ3v) is 9.98. The average Bonchev–Trinajstić information content (AvgIpc) is 3.64. The maximum absolute atomic E-state index is 13.1. The molecule has 0 bridgehead atoms. The second kappa shape index (κ2) is 17.2. The van der Waals surface area contributed by atoms with Crippen LogP contribution in [0.2, 0.25) is 0 Å². The SMILES string of the molecule is CCCCCCCc1cc(OCCCc2ccc(C(=O)O)cc2)cc2c3c(C(=O)NN)cccc3n(Cc3ccccc3CC)c12.c1cc2cc-2c1. The van der Waals surface area contributed by atoms with E-state index in [1.165, 1.54) is 53.5 Å². The molecule has 0 radical (unpaired) electrons. The first kappa shape index (κ1) is 36.4. The molecule has 52 heavy (non-hydrogen) atoms. The molecule has 4 N–H and O–H groups in total. The van der Waals surface area contributed by atoms with E-state index < -0.39 is 5.97 Å². The number of hydrogen-bond acceptors (Lipinski definition) is 4. The van der Waals surface area contributed by atoms with Gasteiger partial charge < -0.3 is 14.4 Å². The second-order valence-corrected chi connectivity index (χ2v) is 13.6. The van der Waals surface area contributed by atoms with Crippen molar-refractivity contribution in [2.75, 3.05) is 6.61 Å². The van der Waals surface area contributed by atoms with Crippen molar-refractivity contribution >= 4 is 33.7 Å². The van der Waals surface area contributed by atoms with Gasteiger partial charge in [0, 0.05) is 17.3 Å². The highest BCUT2D eigenvalue weighted by atomic mass is 16.5. The Kier molecular flexibility index (Phi) is 12.0. The van der Waals surface area contributed by atoms with Crippen LogP contribution in [0.15, 0.2) is 103 Å². The summed E-state index contributed by atoms with van der Waals surface area (Å²) in [7, 11) is 0. The molecule has 5 aromatic rings. The largest absolute Gasteiger partial charge is 0.494 e. The number of ether oxygens (including phenoxy) is 1. The molecule has 2 aliphatic carbocycles. The fourth-order valence-corrected chi connectivity index (χ4v) is 7.15. The van der Waals surface area contributed by atoms with E-state index >= 15 is 0 Å². The number of fused-ring (bicyclic) bond motifs is 4. The number of carboxylic acids is 1. The zero-order valence-corrected chi connectivity index (χ0v) is 30.3. The molecule has 4 aromatic carbocycles. The molecule has 0 spiro atoms. The van der Waals surface area contributed by atoms with Crippen LogP contribution in [0, 0.1) is 0 Å². The molecule has 0 saturated heterocycles. The summed E-state index contributed by atoms with van der Waals surface area (Å²) in [5.41, 5.74) is 13.0. The average molecular weight is 696 g/mol. The van der Waals surface area contributed by atoms with Crippen molar-refractivity contribution in [2.24, 2.45) is 5.84 Å². The predicted molar refractivity (Wildman–Crippen MR) is 211 cm³/mol. The molecule has 7 nitrogen and oxygen atoms in total. The molecule has 0 aliphatic heterocycles. The standard InChI is InChI=1S/C39H45N3O4.C6H4/c1-3-5-6-7-8-15-30-24-32(46-23-12-13-27-19-21-29(22-20-27)39(44)45)25-34-36-33(38(43)41-40)17-11-18-35(36)42(37(30)34)26-31-16-10-9-14-28(31)4-2;1-2-5-4-6(5)3-1/h9-11,14,16-22,24-25H,3-8,12-13,15,23,26,40H2,1-2H3,(H,41,43)(H,44,45);1-4H. The summed E-state index contributed by atoms with van der Waals surface area (Å²) in [4.78, 5) is 24.3. The number of hydrogen-bond donors (Lipinski definition) is 3. The third-order valence-electron chi connectivity index (χ3n) is 9.98. The van der Waals surface area contributed by atoms with Crippen molar-refractivity contribution < 1.29 is 19.4 Å². The Hall–Kier alpha value is -5.40. The summed E-state index contributed by atoms with van der Waals surface area (Å²) in [6, 6.07) is 34.2. The molecule has 0 saturated carbocycles. The Bertz CT molecular complexity index is 2150. The first-order chi connectivity index (χ1) is 25.4. The summed E-state index contributed by atoms with van der Waals surface area (Å²) < 4.78 is 8.77. The Morgan fingerprint density at radius 1 is 0.750 bits per heavy atom. The summed E-state index contributed by atoms with van der Waals surface area (Å²) in [6.45, 7) is 5.63. The second-order valence-electron chi connectivity index (χ2n) is 13.6. The minimum atomic E-state index is -0.922. The Morgan fingerprint density at radius 2 is 1.48 bits per heavy atom. The number of carbonyl (C=O) groups is 2. The van der Waals surface area contributed by atoms with Crippen molar-refractivity contribution in [3.8, 4) is 16.9 Å². The topological polar surface area (TPSA) is 107 Å². The number of nitrogen functional groups attached to an aromatic ring is 1. The highest BCUT2D eigenvalue weighted by molar-refractivity contribution is 6.19. The number of carboxylic acid groups (broad SMARTS) is 1. The van der Waals surface area contributed by atoms with E-state index in [2.05, 4.69) is 90.6 Å². The number of rotatable bonds is 16. The van der Waals surface area contributed by atoms with E-state index in [1.807, 2.05) is 24.3 Å². The Morgan fingerprint density at radius 3 is 2.13 bits per heavy atom. The number of hydrazine groups is 1. The lowest BCUT2D eigenvalue weighted by molar-refractivity contribution is 0.0696. The fraction of sp³-hybridized carbons (Fsp3) is 0.289. The van der Waals surface area contributed by atoms with Gasteiger partial charge >= 0.3 is 5.97 Å². The molecule has 0 fully saturated rings. The molecular weight excluding hydrogens is 647 g/mol. The number of nitrogens with two attached hydrogens (primary N) is 1. The maximum atomic E-state index is 13.1. The molecule has 1 amide bonds. The van der Waals surface area contributed by atoms with Crippen LogP contribution >= 0.6 is 0 Å². The maximum Gasteiger partial charge on any atom is 0.335 e. The van der Waals surface area contributed by atoms with E-state index in [0.717, 1.165) is 65.2 Å². The Labute approximate surface area is 306 Å². The number of carbonyl (C=O) groups excluding carboxylic acids is 1. The van der Waals surface area contributed by atoms with E-state index in [9.17, 15) is 14.7 Å². The molecule has 1 heterocycles. The van der Waals surface area contributed by atoms with Gasteiger partial charge in [0.1, 0.15) is 5.75 Å². The van der Waals surface area contributed by atoms with Crippen LogP contribution in [0.4, 0.5) is 0 Å². The van der Waals surface area contributed by atoms with Gasteiger partial charge in [-0.25, -0.2) is 10.6 Å². The molecule has 268 valence electrons. The third kappa shape index (κ3) is 8.55. The van der Waals surface area contributed by atoms with Crippen LogP contribution in [0.25, 0.3) is 32.9 Å². The summed E-state index contributed by atoms with van der Waals surface area (Å²) >= 11 is 0. The van der Waals surface area contributed by atoms with Gasteiger partial charge in [-0.05, 0) is 108 Å². The molecule has 0 atom stereocenters. The van der Waals surface area contributed by atoms with Gasteiger partial charge in [0.05, 0.1) is 28.8 Å². The number of aryl methyl sites for hydroxylation is 3. The van der Waals surface area contributed by atoms with E-state index in [1.54, 1.807) is 12.1 Å². The molecular formula is C45H49N3O4. The van der Waals surface area contributed by atoms with Crippen LogP contribution < -0.4 is 16.0 Å². The van der Waals surface area contributed by atoms with Gasteiger partial charge in [-0.1, -0.05) is 100 Å². The molecule has 7 heteroatoms. The minimum Gasteiger partial charge on any atom is -0.494 e. The highest BCUT2D eigenvalue weighted by Gasteiger charge is 2.21. The first-order valence-corrected chi connectivity index (χ1v) is 18.6. The summed E-state index contributed by atoms with van der Waals surface area (Å²) in [5, 5.41) is 11.1. The smallest absolute Gasteiger partial charge is 0.335 e. The van der Waals surface area contributed by atoms with Crippen molar-refractivity contribution in [3.63, 3.8) is 0 Å². The first-order valence-electron chi connectivity index (χ1n) is 18.6. The van der Waals surface area contributed by atoms with Crippen LogP contribution in [0.5, 0.6) is 5.75 Å². The van der Waals surface area contributed by atoms with Gasteiger partial charge in [0.25, 0.3) is 5.91 Å². The zero-order chi connectivity index (χ0) is 36.5. The number of aromatic carboxylic acids is 1. The number of nitrogens with zero attached hydrogens (tertiary/aromatic N) is 1. The number of unbranched alkanes of at least 4 members (excludes halogenated alkanes) is 4. The number of nitrogens with one attached hydrogen (secondary N) is 1. The summed E-state index contributed by atoms with van der Waals surface area (Å²) in [5.74, 6) is 5.21. The minimum absolute atomic E-state index is 0.288. The zero-order valence-electron chi connectivity index (χ0n) is 30.3. The highest BCUT2D eigenvalue weighted by Crippen LogP contribution is 2.38. The van der Waals surface area contributed by atoms with Gasteiger partial charge in [-0.3, -0.25) is 10.2 Å². The summed E-state index contributed by atoms with van der Waals surface area (Å²) in [6.07, 6.45) is 9.33. The van der Waals surface area contributed by atoms with Gasteiger partial charge in [-0.2, -0.15) is 0 Å². The number of aromatic nitrogens is 1. The van der Waals surface area contributed by atoms with Gasteiger partial charge in [-0.15, -0.1) is 0 Å². The van der Waals surface area contributed by atoms with Crippen LogP contribution in [-0.4, -0.2) is 28.2 Å². The van der Waals surface area contributed by atoms with Crippen molar-refractivity contribution in [1.29, 1.82) is 0 Å². The van der Waals surface area contributed by atoms with Gasteiger partial charge in [0.15, 0.2) is 0 Å². The fourth-order valence-electron chi connectivity index (χ4n) is 7.15. The Balaban J connectivity index is 0.000000691. The predicted octanol–water partition coefficient (Wildman–Crippen LogP) is 9.90. The van der Waals surface area contributed by atoms with Crippen LogP contribution in [0.1, 0.15) is 95.3 Å². The van der Waals surface area contributed by atoms with Crippen LogP contribution in [-0.2, 0) is 25.8 Å². The lowest BCUT2D eigenvalue weighted by Crippen LogP contribution is -2.30. The molecule has 7 rings (SSSR count). The van der Waals surface area contributed by atoms with Crippen molar-refractivity contribution in [2.45, 2.75) is 78.2 Å². The van der Waals surface area contributed by atoms with E-state index in [-0.39, 0.29) is 11.5 Å². The van der Waals surface area contributed by atoms with Crippen LogP contribution in [0.3, 0.4) is 0 Å². The monoisotopic (exact) mass is 695 g/mol. The molecule has 2 aliphatic rings.